The maximum absolute atomic E-state index is 12.8. The van der Waals surface area contributed by atoms with Crippen LogP contribution in [0.1, 0.15) is 18.4 Å². The van der Waals surface area contributed by atoms with Crippen LogP contribution in [0.5, 0.6) is 11.5 Å². The Morgan fingerprint density at radius 2 is 1.87 bits per heavy atom. The number of nitriles is 1. The number of halogens is 1. The SMILES string of the molecule is N#Cc1ccc(Oc2ccc(-n3ncc(N[C@H]4C5CCO[C@H]4C5)c(Cl)c3=O)cc2)cc1. The molecule has 2 fully saturated rings. The van der Waals surface area contributed by atoms with Crippen LogP contribution in [-0.4, -0.2) is 28.5 Å². The van der Waals surface area contributed by atoms with E-state index in [1.807, 2.05) is 0 Å². The van der Waals surface area contributed by atoms with Crippen LogP contribution in [0, 0.1) is 17.2 Å². The van der Waals surface area contributed by atoms with Gasteiger partial charge in [-0.05, 0) is 67.3 Å². The van der Waals surface area contributed by atoms with Gasteiger partial charge in [-0.25, -0.2) is 0 Å². The summed E-state index contributed by atoms with van der Waals surface area (Å²) in [5, 5.41) is 16.6. The number of benzene rings is 2. The van der Waals surface area contributed by atoms with Gasteiger partial charge < -0.3 is 14.8 Å². The zero-order chi connectivity index (χ0) is 21.4. The average Bonchev–Trinajstić information content (AvgIpc) is 2.81. The molecule has 0 amide bonds. The number of nitrogens with zero attached hydrogens (tertiary/aromatic N) is 3. The van der Waals surface area contributed by atoms with E-state index in [1.54, 1.807) is 54.7 Å². The summed E-state index contributed by atoms with van der Waals surface area (Å²) in [6.07, 6.45) is 3.84. The molecule has 8 heteroatoms. The zero-order valence-electron chi connectivity index (χ0n) is 16.5. The van der Waals surface area contributed by atoms with Gasteiger partial charge in [0.15, 0.2) is 0 Å². The summed E-state index contributed by atoms with van der Waals surface area (Å²) in [5.41, 5.74) is 1.29. The Morgan fingerprint density at radius 3 is 2.48 bits per heavy atom. The fourth-order valence-corrected chi connectivity index (χ4v) is 4.22. The molecule has 1 saturated heterocycles. The van der Waals surface area contributed by atoms with Crippen molar-refractivity contribution in [1.29, 1.82) is 5.26 Å². The number of fused-ring (bicyclic) bond motifs is 2. The molecule has 3 aromatic rings. The van der Waals surface area contributed by atoms with Crippen molar-refractivity contribution in [1.82, 2.24) is 9.78 Å². The van der Waals surface area contributed by atoms with E-state index < -0.39 is 5.56 Å². The Kier molecular flexibility index (Phi) is 5.10. The highest BCUT2D eigenvalue weighted by Gasteiger charge is 2.45. The lowest BCUT2D eigenvalue weighted by atomic mass is 9.72. The quantitative estimate of drug-likeness (QED) is 0.649. The van der Waals surface area contributed by atoms with Gasteiger partial charge in [-0.3, -0.25) is 4.79 Å². The third-order valence-corrected chi connectivity index (χ3v) is 6.17. The second kappa shape index (κ2) is 8.06. The molecule has 1 aromatic heterocycles. The minimum absolute atomic E-state index is 0.109. The molecule has 2 heterocycles. The van der Waals surface area contributed by atoms with Crippen molar-refractivity contribution in [2.24, 2.45) is 5.92 Å². The monoisotopic (exact) mass is 434 g/mol. The van der Waals surface area contributed by atoms with Gasteiger partial charge in [-0.2, -0.15) is 15.0 Å². The van der Waals surface area contributed by atoms with Crippen molar-refractivity contribution >= 4 is 17.3 Å². The van der Waals surface area contributed by atoms with Crippen molar-refractivity contribution in [3.8, 4) is 23.3 Å². The number of nitrogens with one attached hydrogen (secondary N) is 1. The summed E-state index contributed by atoms with van der Waals surface area (Å²) in [6, 6.07) is 16.0. The molecule has 2 bridgehead atoms. The largest absolute Gasteiger partial charge is 0.457 e. The van der Waals surface area contributed by atoms with Crippen LogP contribution in [-0.2, 0) is 4.74 Å². The molecular formula is C23H19ClN4O3. The van der Waals surface area contributed by atoms with Gasteiger partial charge in [-0.15, -0.1) is 0 Å². The molecule has 3 atom stereocenters. The Morgan fingerprint density at radius 1 is 1.16 bits per heavy atom. The van der Waals surface area contributed by atoms with Gasteiger partial charge >= 0.3 is 0 Å². The molecule has 31 heavy (non-hydrogen) atoms. The van der Waals surface area contributed by atoms with Crippen LogP contribution in [0.2, 0.25) is 5.02 Å². The number of hydrogen-bond donors (Lipinski definition) is 1. The Bertz CT molecular complexity index is 1190. The van der Waals surface area contributed by atoms with Crippen molar-refractivity contribution in [3.05, 3.63) is 75.7 Å². The fraction of sp³-hybridized carbons (Fsp3) is 0.261. The summed E-state index contributed by atoms with van der Waals surface area (Å²) in [6.45, 7) is 0.798. The topological polar surface area (TPSA) is 89.2 Å². The molecule has 1 N–H and O–H groups in total. The van der Waals surface area contributed by atoms with Gasteiger partial charge in [0.25, 0.3) is 5.56 Å². The van der Waals surface area contributed by atoms with E-state index in [4.69, 9.17) is 26.3 Å². The number of rotatable bonds is 5. The minimum atomic E-state index is -0.391. The van der Waals surface area contributed by atoms with Crippen LogP contribution in [0.15, 0.2) is 59.5 Å². The molecule has 0 radical (unpaired) electrons. The molecule has 2 aromatic carbocycles. The van der Waals surface area contributed by atoms with E-state index in [-0.39, 0.29) is 17.2 Å². The lowest BCUT2D eigenvalue weighted by Crippen LogP contribution is -2.56. The molecule has 7 nitrogen and oxygen atoms in total. The molecule has 1 aliphatic heterocycles. The smallest absolute Gasteiger partial charge is 0.292 e. The number of aromatic nitrogens is 2. The molecule has 5 rings (SSSR count). The lowest BCUT2D eigenvalue weighted by molar-refractivity contribution is -0.0999. The van der Waals surface area contributed by atoms with Crippen LogP contribution in [0.3, 0.4) is 0 Å². The third kappa shape index (κ3) is 3.76. The molecule has 2 aliphatic rings. The summed E-state index contributed by atoms with van der Waals surface area (Å²) < 4.78 is 12.8. The van der Waals surface area contributed by atoms with Crippen LogP contribution in [0.25, 0.3) is 5.69 Å². The average molecular weight is 435 g/mol. The molecule has 0 spiro atoms. The maximum atomic E-state index is 12.8. The lowest BCUT2D eigenvalue weighted by Gasteiger charge is -2.49. The summed E-state index contributed by atoms with van der Waals surface area (Å²) in [7, 11) is 0. The van der Waals surface area contributed by atoms with E-state index in [1.165, 1.54) is 4.68 Å². The molecule has 156 valence electrons. The number of anilines is 1. The summed E-state index contributed by atoms with van der Waals surface area (Å²) >= 11 is 6.37. The Balaban J connectivity index is 1.32. The molecule has 1 aliphatic carbocycles. The van der Waals surface area contributed by atoms with Crippen molar-refractivity contribution in [2.75, 3.05) is 11.9 Å². The van der Waals surface area contributed by atoms with Gasteiger partial charge in [0.1, 0.15) is 16.5 Å². The van der Waals surface area contributed by atoms with E-state index in [0.29, 0.717) is 34.4 Å². The van der Waals surface area contributed by atoms with Gasteiger partial charge in [0, 0.05) is 6.61 Å². The first-order chi connectivity index (χ1) is 15.1. The zero-order valence-corrected chi connectivity index (χ0v) is 17.2. The van der Waals surface area contributed by atoms with Crippen molar-refractivity contribution < 1.29 is 9.47 Å². The summed E-state index contributed by atoms with van der Waals surface area (Å²) in [5.74, 6) is 1.77. The Hall–Kier alpha value is -3.34. The van der Waals surface area contributed by atoms with Gasteiger partial charge in [0.05, 0.1) is 41.4 Å². The number of ether oxygens (including phenoxy) is 2. The highest BCUT2D eigenvalue weighted by molar-refractivity contribution is 6.33. The maximum Gasteiger partial charge on any atom is 0.292 e. The minimum Gasteiger partial charge on any atom is -0.457 e. The predicted molar refractivity (Wildman–Crippen MR) is 116 cm³/mol. The molecular weight excluding hydrogens is 416 g/mol. The van der Waals surface area contributed by atoms with Crippen molar-refractivity contribution in [2.45, 2.75) is 25.0 Å². The van der Waals surface area contributed by atoms with E-state index in [9.17, 15) is 4.79 Å². The highest BCUT2D eigenvalue weighted by atomic mass is 35.5. The second-order valence-corrected chi connectivity index (χ2v) is 8.06. The van der Waals surface area contributed by atoms with Crippen LogP contribution >= 0.6 is 11.6 Å². The summed E-state index contributed by atoms with van der Waals surface area (Å²) in [4.78, 5) is 12.8. The first kappa shape index (κ1) is 19.6. The fourth-order valence-electron chi connectivity index (χ4n) is 4.04. The first-order valence-electron chi connectivity index (χ1n) is 10.1. The van der Waals surface area contributed by atoms with E-state index in [0.717, 1.165) is 19.4 Å². The van der Waals surface area contributed by atoms with Crippen molar-refractivity contribution in [3.63, 3.8) is 0 Å². The molecule has 1 unspecified atom stereocenters. The predicted octanol–water partition coefficient (Wildman–Crippen LogP) is 4.14. The first-order valence-corrected chi connectivity index (χ1v) is 10.4. The van der Waals surface area contributed by atoms with Crippen LogP contribution < -0.4 is 15.6 Å². The van der Waals surface area contributed by atoms with E-state index >= 15 is 0 Å². The molecule has 1 saturated carbocycles. The highest BCUT2D eigenvalue weighted by Crippen LogP contribution is 2.40. The third-order valence-electron chi connectivity index (χ3n) is 5.81. The Labute approximate surface area is 183 Å². The van der Waals surface area contributed by atoms with Crippen LogP contribution in [0.4, 0.5) is 5.69 Å². The van der Waals surface area contributed by atoms with E-state index in [2.05, 4.69) is 16.5 Å². The standard InChI is InChI=1S/C23H19ClN4O3/c24-21-19(27-22-15-9-10-30-20(22)11-15)13-26-28(23(21)29)16-3-7-18(8-4-16)31-17-5-1-14(12-25)2-6-17/h1-8,13,15,20,22,27H,9-11H2/t15?,20-,22-/m0/s1. The normalized spacial score (nSPS) is 21.6. The van der Waals surface area contributed by atoms with Gasteiger partial charge in [0.2, 0.25) is 0 Å². The van der Waals surface area contributed by atoms with Gasteiger partial charge in [-0.1, -0.05) is 11.6 Å². The number of hydrogen-bond acceptors (Lipinski definition) is 6. The second-order valence-electron chi connectivity index (χ2n) is 7.69.